The lowest BCUT2D eigenvalue weighted by Gasteiger charge is -2.13. The Hall–Kier alpha value is -0.530. The van der Waals surface area contributed by atoms with Gasteiger partial charge in [0.15, 0.2) is 0 Å². The zero-order chi connectivity index (χ0) is 11.5. The molecule has 0 saturated heterocycles. The second-order valence-corrected chi connectivity index (χ2v) is 5.13. The number of aliphatic hydroxyl groups excluding tert-OH is 1. The van der Waals surface area contributed by atoms with Gasteiger partial charge in [0.25, 0.3) is 11.8 Å². The normalized spacial score (nSPS) is 11.5. The Labute approximate surface area is 97.2 Å². The molecule has 0 radical (unpaired) electrons. The average molecular weight is 300 g/mol. The van der Waals surface area contributed by atoms with Crippen molar-refractivity contribution in [1.82, 2.24) is 5.32 Å². The maximum absolute atomic E-state index is 12.6. The van der Waals surface area contributed by atoms with Crippen LogP contribution in [0.4, 0.5) is 8.78 Å². The van der Waals surface area contributed by atoms with Crippen molar-refractivity contribution in [1.29, 1.82) is 0 Å². The number of halogens is 3. The van der Waals surface area contributed by atoms with E-state index in [1.165, 1.54) is 17.4 Å². The van der Waals surface area contributed by atoms with E-state index in [0.717, 1.165) is 3.79 Å². The molecule has 84 valence electrons. The summed E-state index contributed by atoms with van der Waals surface area (Å²) in [5.74, 6) is -3.85. The molecule has 0 unspecified atom stereocenters. The predicted molar refractivity (Wildman–Crippen MR) is 56.4 cm³/mol. The van der Waals surface area contributed by atoms with Crippen LogP contribution in [0.2, 0.25) is 0 Å². The van der Waals surface area contributed by atoms with Crippen molar-refractivity contribution >= 4 is 33.2 Å². The molecule has 1 amide bonds. The number of nitrogens with one attached hydrogen (secondary N) is 1. The van der Waals surface area contributed by atoms with Crippen LogP contribution in [-0.2, 0) is 0 Å². The van der Waals surface area contributed by atoms with Crippen molar-refractivity contribution in [3.8, 4) is 0 Å². The Kier molecular flexibility index (Phi) is 4.18. The molecule has 7 heteroatoms. The molecule has 0 spiro atoms. The third-order valence-electron chi connectivity index (χ3n) is 1.57. The minimum absolute atomic E-state index is 0.320. The molecule has 0 atom stereocenters. The molecule has 0 saturated carbocycles. The second kappa shape index (κ2) is 5.00. The van der Waals surface area contributed by atoms with E-state index in [-0.39, 0.29) is 0 Å². The summed E-state index contributed by atoms with van der Waals surface area (Å²) in [6.07, 6.45) is 0. The van der Waals surface area contributed by atoms with E-state index >= 15 is 0 Å². The minimum atomic E-state index is -3.27. The first kappa shape index (κ1) is 12.5. The predicted octanol–water partition coefficient (Wildman–Crippen LogP) is 1.87. The first-order valence-electron chi connectivity index (χ1n) is 3.95. The molecule has 1 rings (SSSR count). The zero-order valence-corrected chi connectivity index (χ0v) is 9.87. The SMILES string of the molecule is O=C(NCC(F)(F)CO)c1csc(Br)c1. The van der Waals surface area contributed by atoms with Crippen molar-refractivity contribution in [2.75, 3.05) is 13.2 Å². The zero-order valence-electron chi connectivity index (χ0n) is 7.47. The van der Waals surface area contributed by atoms with Crippen LogP contribution in [0.3, 0.4) is 0 Å². The fraction of sp³-hybridized carbons (Fsp3) is 0.375. The summed E-state index contributed by atoms with van der Waals surface area (Å²) in [7, 11) is 0. The summed E-state index contributed by atoms with van der Waals surface area (Å²) in [5.41, 5.74) is 0.320. The number of alkyl halides is 2. The van der Waals surface area contributed by atoms with Gasteiger partial charge in [-0.15, -0.1) is 11.3 Å². The van der Waals surface area contributed by atoms with Crippen molar-refractivity contribution in [3.05, 3.63) is 20.8 Å². The van der Waals surface area contributed by atoms with Crippen LogP contribution in [0.25, 0.3) is 0 Å². The van der Waals surface area contributed by atoms with Gasteiger partial charge in [-0.05, 0) is 22.0 Å². The van der Waals surface area contributed by atoms with Crippen molar-refractivity contribution in [3.63, 3.8) is 0 Å². The Balaban J connectivity index is 2.50. The summed E-state index contributed by atoms with van der Waals surface area (Å²) in [6.45, 7) is -2.14. The average Bonchev–Trinajstić information content (AvgIpc) is 2.61. The molecule has 0 fully saturated rings. The van der Waals surface area contributed by atoms with Crippen molar-refractivity contribution < 1.29 is 18.7 Å². The molecule has 3 nitrogen and oxygen atoms in total. The Morgan fingerprint density at radius 3 is 2.80 bits per heavy atom. The lowest BCUT2D eigenvalue weighted by atomic mass is 10.3. The summed E-state index contributed by atoms with van der Waals surface area (Å²) >= 11 is 4.45. The molecule has 0 aliphatic heterocycles. The quantitative estimate of drug-likeness (QED) is 0.892. The Morgan fingerprint density at radius 2 is 2.33 bits per heavy atom. The van der Waals surface area contributed by atoms with Gasteiger partial charge in [0.1, 0.15) is 6.61 Å². The van der Waals surface area contributed by atoms with E-state index in [9.17, 15) is 13.6 Å². The second-order valence-electron chi connectivity index (χ2n) is 2.84. The Bertz CT molecular complexity index is 356. The minimum Gasteiger partial charge on any atom is -0.390 e. The topological polar surface area (TPSA) is 49.3 Å². The van der Waals surface area contributed by atoms with Gasteiger partial charge in [0, 0.05) is 5.38 Å². The van der Waals surface area contributed by atoms with E-state index in [2.05, 4.69) is 15.9 Å². The molecular weight excluding hydrogens is 292 g/mol. The van der Waals surface area contributed by atoms with Crippen LogP contribution in [0.1, 0.15) is 10.4 Å². The highest BCUT2D eigenvalue weighted by atomic mass is 79.9. The summed E-state index contributed by atoms with van der Waals surface area (Å²) in [6, 6.07) is 1.54. The molecule has 1 heterocycles. The lowest BCUT2D eigenvalue weighted by Crippen LogP contribution is -2.38. The molecule has 0 aromatic carbocycles. The molecule has 0 bridgehead atoms. The van der Waals surface area contributed by atoms with E-state index in [1.54, 1.807) is 5.38 Å². The maximum Gasteiger partial charge on any atom is 0.287 e. The maximum atomic E-state index is 12.6. The molecule has 15 heavy (non-hydrogen) atoms. The lowest BCUT2D eigenvalue weighted by molar-refractivity contribution is -0.0461. The molecule has 1 aromatic rings. The van der Waals surface area contributed by atoms with Crippen LogP contribution in [0.15, 0.2) is 15.2 Å². The highest BCUT2D eigenvalue weighted by Gasteiger charge is 2.28. The molecule has 0 aliphatic rings. The number of thiophene rings is 1. The number of rotatable bonds is 4. The standard InChI is InChI=1S/C8H8BrF2NO2S/c9-6-1-5(2-15-6)7(14)12-3-8(10,11)4-13/h1-2,13H,3-4H2,(H,12,14). The van der Waals surface area contributed by atoms with Gasteiger partial charge in [-0.3, -0.25) is 4.79 Å². The molecule has 1 aromatic heterocycles. The number of aliphatic hydroxyl groups is 1. The fourth-order valence-electron chi connectivity index (χ4n) is 0.797. The molecule has 2 N–H and O–H groups in total. The monoisotopic (exact) mass is 299 g/mol. The third kappa shape index (κ3) is 3.84. The van der Waals surface area contributed by atoms with Crippen LogP contribution < -0.4 is 5.32 Å². The van der Waals surface area contributed by atoms with Crippen LogP contribution in [0, 0.1) is 0 Å². The van der Waals surface area contributed by atoms with Gasteiger partial charge in [-0.1, -0.05) is 0 Å². The van der Waals surface area contributed by atoms with Gasteiger partial charge in [-0.2, -0.15) is 0 Å². The largest absolute Gasteiger partial charge is 0.390 e. The fourth-order valence-corrected chi connectivity index (χ4v) is 1.93. The first-order chi connectivity index (χ1) is 6.94. The molecular formula is C8H8BrF2NO2S. The van der Waals surface area contributed by atoms with Crippen molar-refractivity contribution in [2.45, 2.75) is 5.92 Å². The highest BCUT2D eigenvalue weighted by Crippen LogP contribution is 2.20. The van der Waals surface area contributed by atoms with E-state index in [0.29, 0.717) is 5.56 Å². The van der Waals surface area contributed by atoms with E-state index in [4.69, 9.17) is 5.11 Å². The summed E-state index contributed by atoms with van der Waals surface area (Å²) in [5, 5.41) is 11.9. The number of hydrogen-bond acceptors (Lipinski definition) is 3. The van der Waals surface area contributed by atoms with Gasteiger partial charge in [0.2, 0.25) is 0 Å². The van der Waals surface area contributed by atoms with Gasteiger partial charge in [0.05, 0.1) is 15.9 Å². The van der Waals surface area contributed by atoms with Gasteiger partial charge >= 0.3 is 0 Å². The number of hydrogen-bond donors (Lipinski definition) is 2. The van der Waals surface area contributed by atoms with E-state index < -0.39 is 25.0 Å². The highest BCUT2D eigenvalue weighted by molar-refractivity contribution is 9.11. The molecule has 0 aliphatic carbocycles. The van der Waals surface area contributed by atoms with Crippen LogP contribution >= 0.6 is 27.3 Å². The van der Waals surface area contributed by atoms with Crippen LogP contribution in [-0.4, -0.2) is 30.1 Å². The van der Waals surface area contributed by atoms with E-state index in [1.807, 2.05) is 5.32 Å². The Morgan fingerprint density at radius 1 is 1.67 bits per heavy atom. The van der Waals surface area contributed by atoms with Crippen LogP contribution in [0.5, 0.6) is 0 Å². The number of carbonyl (C=O) groups is 1. The number of carbonyl (C=O) groups excluding carboxylic acids is 1. The van der Waals surface area contributed by atoms with Gasteiger partial charge < -0.3 is 10.4 Å². The first-order valence-corrected chi connectivity index (χ1v) is 5.63. The van der Waals surface area contributed by atoms with Gasteiger partial charge in [-0.25, -0.2) is 8.78 Å². The number of amides is 1. The summed E-state index contributed by atoms with van der Waals surface area (Å²) < 4.78 is 25.9. The van der Waals surface area contributed by atoms with Crippen molar-refractivity contribution in [2.24, 2.45) is 0 Å². The third-order valence-corrected chi connectivity index (χ3v) is 3.07. The summed E-state index contributed by atoms with van der Waals surface area (Å²) in [4.78, 5) is 11.3. The smallest absolute Gasteiger partial charge is 0.287 e.